The lowest BCUT2D eigenvalue weighted by atomic mass is 9.53. The third-order valence-corrected chi connectivity index (χ3v) is 11.2. The third-order valence-electron chi connectivity index (χ3n) is 7.99. The highest BCUT2D eigenvalue weighted by atomic mass is 32.2. The molecule has 4 aliphatic carbocycles. The lowest BCUT2D eigenvalue weighted by Gasteiger charge is -2.57. The Bertz CT molecular complexity index is 1070. The van der Waals surface area contributed by atoms with Crippen molar-refractivity contribution in [3.63, 3.8) is 0 Å². The number of nitrogens with one attached hydrogen (secondary N) is 1. The molecular formula is C24H28N2O3S2. The lowest BCUT2D eigenvalue weighted by molar-refractivity contribution is -0.131. The van der Waals surface area contributed by atoms with E-state index in [2.05, 4.69) is 5.32 Å². The van der Waals surface area contributed by atoms with Crippen molar-refractivity contribution >= 4 is 27.3 Å². The predicted octanol–water partition coefficient (Wildman–Crippen LogP) is 3.95. The Kier molecular flexibility index (Phi) is 4.60. The van der Waals surface area contributed by atoms with E-state index in [0.717, 1.165) is 48.1 Å². The van der Waals surface area contributed by atoms with Gasteiger partial charge in [0.2, 0.25) is 5.91 Å². The molecule has 164 valence electrons. The molecule has 1 aliphatic heterocycles. The summed E-state index contributed by atoms with van der Waals surface area (Å²) >= 11 is 1.21. The Morgan fingerprint density at radius 2 is 1.61 bits per heavy atom. The summed E-state index contributed by atoms with van der Waals surface area (Å²) in [6.45, 7) is 0.245. The number of rotatable bonds is 4. The molecule has 4 saturated carbocycles. The molecule has 7 rings (SSSR count). The minimum absolute atomic E-state index is 0.114. The Balaban J connectivity index is 1.33. The molecule has 31 heavy (non-hydrogen) atoms. The van der Waals surface area contributed by atoms with Gasteiger partial charge < -0.3 is 5.32 Å². The van der Waals surface area contributed by atoms with Crippen molar-refractivity contribution in [1.82, 2.24) is 9.62 Å². The standard InChI is InChI=1S/C24H28N2O3S2/c27-23(25-24-12-16-8-17(13-24)10-18(9-16)14-24)21-11-19-4-1-2-5-20(19)15-26(21)31(28,29)22-6-3-7-30-22/h1-7,16-18,21H,8-15H2,(H,25,27). The molecule has 5 nitrogen and oxygen atoms in total. The van der Waals surface area contributed by atoms with Gasteiger partial charge in [-0.25, -0.2) is 8.42 Å². The quantitative estimate of drug-likeness (QED) is 0.758. The van der Waals surface area contributed by atoms with Gasteiger partial charge in [-0.3, -0.25) is 4.79 Å². The molecule has 4 fully saturated rings. The van der Waals surface area contributed by atoms with Crippen LogP contribution in [0, 0.1) is 17.8 Å². The summed E-state index contributed by atoms with van der Waals surface area (Å²) in [4.78, 5) is 13.7. The van der Waals surface area contributed by atoms with Crippen molar-refractivity contribution in [2.24, 2.45) is 17.8 Å². The molecule has 1 atom stereocenters. The fourth-order valence-electron chi connectivity index (χ4n) is 7.11. The molecule has 1 unspecified atom stereocenters. The number of hydrogen-bond donors (Lipinski definition) is 1. The van der Waals surface area contributed by atoms with Gasteiger partial charge in [0.05, 0.1) is 0 Å². The maximum absolute atomic E-state index is 13.7. The number of sulfonamides is 1. The molecule has 2 heterocycles. The van der Waals surface area contributed by atoms with Gasteiger partial charge in [0.25, 0.3) is 10.0 Å². The van der Waals surface area contributed by atoms with Gasteiger partial charge in [-0.05, 0) is 85.3 Å². The zero-order valence-electron chi connectivity index (χ0n) is 17.5. The largest absolute Gasteiger partial charge is 0.349 e. The van der Waals surface area contributed by atoms with Gasteiger partial charge in [0.15, 0.2) is 0 Å². The number of carbonyl (C=O) groups excluding carboxylic acids is 1. The highest BCUT2D eigenvalue weighted by molar-refractivity contribution is 7.91. The minimum atomic E-state index is -3.73. The topological polar surface area (TPSA) is 66.5 Å². The third kappa shape index (κ3) is 3.36. The van der Waals surface area contributed by atoms with Crippen LogP contribution in [0.1, 0.15) is 49.7 Å². The molecule has 7 heteroatoms. The Morgan fingerprint density at radius 3 is 2.23 bits per heavy atom. The average molecular weight is 457 g/mol. The fraction of sp³-hybridized carbons (Fsp3) is 0.542. The first kappa shape index (κ1) is 19.9. The molecular weight excluding hydrogens is 428 g/mol. The summed E-state index contributed by atoms with van der Waals surface area (Å²) in [5, 5.41) is 5.20. The lowest BCUT2D eigenvalue weighted by Crippen LogP contribution is -2.63. The normalized spacial score (nSPS) is 34.5. The van der Waals surface area contributed by atoms with E-state index < -0.39 is 16.1 Å². The summed E-state index contributed by atoms with van der Waals surface area (Å²) in [5.41, 5.74) is 1.94. The number of amides is 1. The van der Waals surface area contributed by atoms with Crippen LogP contribution in [0.3, 0.4) is 0 Å². The molecule has 0 radical (unpaired) electrons. The van der Waals surface area contributed by atoms with Crippen LogP contribution in [-0.4, -0.2) is 30.2 Å². The van der Waals surface area contributed by atoms with Gasteiger partial charge in [-0.15, -0.1) is 11.3 Å². The Morgan fingerprint density at radius 1 is 0.968 bits per heavy atom. The van der Waals surface area contributed by atoms with Crippen molar-refractivity contribution in [2.75, 3.05) is 0 Å². The maximum atomic E-state index is 13.7. The van der Waals surface area contributed by atoms with Crippen LogP contribution in [0.25, 0.3) is 0 Å². The maximum Gasteiger partial charge on any atom is 0.253 e. The molecule has 5 aliphatic rings. The number of hydrogen-bond acceptors (Lipinski definition) is 4. The predicted molar refractivity (Wildman–Crippen MR) is 120 cm³/mol. The summed E-state index contributed by atoms with van der Waals surface area (Å²) in [7, 11) is -3.73. The van der Waals surface area contributed by atoms with Crippen molar-refractivity contribution in [3.8, 4) is 0 Å². The molecule has 1 aromatic heterocycles. The SMILES string of the molecule is O=C(NC12CC3CC(CC(C3)C1)C2)C1Cc2ccccc2CN1S(=O)(=O)c1cccs1. The van der Waals surface area contributed by atoms with Gasteiger partial charge in [-0.2, -0.15) is 4.31 Å². The first-order valence-electron chi connectivity index (χ1n) is 11.4. The molecule has 0 spiro atoms. The summed E-state index contributed by atoms with van der Waals surface area (Å²) in [6, 6.07) is 10.6. The molecule has 2 aromatic rings. The summed E-state index contributed by atoms with van der Waals surface area (Å²) < 4.78 is 28.7. The van der Waals surface area contributed by atoms with Gasteiger partial charge in [0.1, 0.15) is 10.3 Å². The van der Waals surface area contributed by atoms with Gasteiger partial charge >= 0.3 is 0 Å². The van der Waals surface area contributed by atoms with Gasteiger partial charge in [-0.1, -0.05) is 30.3 Å². The van der Waals surface area contributed by atoms with E-state index in [1.165, 1.54) is 34.9 Å². The van der Waals surface area contributed by atoms with Crippen LogP contribution < -0.4 is 5.32 Å². The zero-order valence-corrected chi connectivity index (χ0v) is 19.1. The van der Waals surface area contributed by atoms with E-state index in [9.17, 15) is 13.2 Å². The fourth-order valence-corrected chi connectivity index (χ4v) is 9.79. The Hall–Kier alpha value is -1.70. The minimum Gasteiger partial charge on any atom is -0.349 e. The van der Waals surface area contributed by atoms with E-state index >= 15 is 0 Å². The monoisotopic (exact) mass is 456 g/mol. The highest BCUT2D eigenvalue weighted by Crippen LogP contribution is 2.55. The summed E-state index contributed by atoms with van der Waals surface area (Å²) in [5.74, 6) is 2.07. The summed E-state index contributed by atoms with van der Waals surface area (Å²) in [6.07, 6.45) is 7.54. The van der Waals surface area contributed by atoms with Crippen LogP contribution in [0.2, 0.25) is 0 Å². The first-order chi connectivity index (χ1) is 14.9. The number of nitrogens with zero attached hydrogens (tertiary/aromatic N) is 1. The highest BCUT2D eigenvalue weighted by Gasteiger charge is 2.52. The molecule has 0 saturated heterocycles. The smallest absolute Gasteiger partial charge is 0.253 e. The van der Waals surface area contributed by atoms with Crippen molar-refractivity contribution in [3.05, 3.63) is 52.9 Å². The van der Waals surface area contributed by atoms with Gasteiger partial charge in [0, 0.05) is 12.1 Å². The number of fused-ring (bicyclic) bond motifs is 1. The van der Waals surface area contributed by atoms with Crippen LogP contribution in [0.15, 0.2) is 46.0 Å². The van der Waals surface area contributed by atoms with Crippen LogP contribution in [-0.2, 0) is 27.8 Å². The average Bonchev–Trinajstić information content (AvgIpc) is 3.27. The molecule has 1 aromatic carbocycles. The second kappa shape index (κ2) is 7.15. The number of benzene rings is 1. The van der Waals surface area contributed by atoms with Crippen molar-refractivity contribution < 1.29 is 13.2 Å². The molecule has 1 N–H and O–H groups in total. The van der Waals surface area contributed by atoms with Crippen LogP contribution in [0.4, 0.5) is 0 Å². The second-order valence-corrected chi connectivity index (χ2v) is 13.2. The van der Waals surface area contributed by atoms with E-state index in [1.807, 2.05) is 24.3 Å². The van der Waals surface area contributed by atoms with Crippen molar-refractivity contribution in [1.29, 1.82) is 0 Å². The van der Waals surface area contributed by atoms with Crippen LogP contribution in [0.5, 0.6) is 0 Å². The Labute approximate surface area is 187 Å². The number of thiophene rings is 1. The molecule has 4 bridgehead atoms. The van der Waals surface area contributed by atoms with E-state index in [-0.39, 0.29) is 18.0 Å². The zero-order chi connectivity index (χ0) is 21.2. The van der Waals surface area contributed by atoms with E-state index in [4.69, 9.17) is 0 Å². The van der Waals surface area contributed by atoms with E-state index in [0.29, 0.717) is 10.6 Å². The second-order valence-electron chi connectivity index (χ2n) is 10.2. The molecule has 1 amide bonds. The van der Waals surface area contributed by atoms with E-state index in [1.54, 1.807) is 17.5 Å². The first-order valence-corrected chi connectivity index (χ1v) is 13.7. The van der Waals surface area contributed by atoms with Crippen LogP contribution >= 0.6 is 11.3 Å². The number of carbonyl (C=O) groups is 1. The van der Waals surface area contributed by atoms with Crippen molar-refractivity contribution in [2.45, 2.75) is 67.3 Å².